The highest BCUT2D eigenvalue weighted by atomic mass is 16.1. The summed E-state index contributed by atoms with van der Waals surface area (Å²) in [5.74, 6) is 0.801. The summed E-state index contributed by atoms with van der Waals surface area (Å²) in [6.45, 7) is 16.2. The van der Waals surface area contributed by atoms with E-state index >= 15 is 0 Å². The van der Waals surface area contributed by atoms with Crippen LogP contribution in [0.15, 0.2) is 15.9 Å². The van der Waals surface area contributed by atoms with Crippen molar-refractivity contribution in [2.45, 2.75) is 85.6 Å². The molecule has 26 heavy (non-hydrogen) atoms. The molecule has 4 heteroatoms. The van der Waals surface area contributed by atoms with Crippen LogP contribution >= 0.6 is 0 Å². The first-order valence-corrected chi connectivity index (χ1v) is 10.1. The maximum Gasteiger partial charge on any atom is 0.254 e. The van der Waals surface area contributed by atoms with E-state index < -0.39 is 0 Å². The fraction of sp³-hybridized carbons (Fsp3) is 0.727. The van der Waals surface area contributed by atoms with Crippen molar-refractivity contribution in [2.75, 3.05) is 13.1 Å². The lowest BCUT2D eigenvalue weighted by molar-refractivity contribution is 0.239. The summed E-state index contributed by atoms with van der Waals surface area (Å²) in [4.78, 5) is 22.8. The molecule has 2 aliphatic rings. The molecule has 0 fully saturated rings. The number of nitrogens with zero attached hydrogens (tertiary/aromatic N) is 2. The zero-order chi connectivity index (χ0) is 19.1. The van der Waals surface area contributed by atoms with Gasteiger partial charge in [-0.3, -0.25) is 9.69 Å². The van der Waals surface area contributed by atoms with Gasteiger partial charge in [0.25, 0.3) is 5.56 Å². The topological polar surface area (TPSA) is 49.0 Å². The number of nitrogens with one attached hydrogen (secondary N) is 1. The van der Waals surface area contributed by atoms with Crippen LogP contribution < -0.4 is 5.56 Å². The summed E-state index contributed by atoms with van der Waals surface area (Å²) in [5.41, 5.74) is 5.40. The molecule has 2 heterocycles. The third-order valence-electron chi connectivity index (χ3n) is 6.23. The Morgan fingerprint density at radius 2 is 1.96 bits per heavy atom. The predicted molar refractivity (Wildman–Crippen MR) is 107 cm³/mol. The molecular formula is C22H35N3O. The van der Waals surface area contributed by atoms with Gasteiger partial charge < -0.3 is 4.98 Å². The van der Waals surface area contributed by atoms with Crippen molar-refractivity contribution in [3.63, 3.8) is 0 Å². The molecule has 1 aromatic rings. The number of fused-ring (bicyclic) bond motifs is 1. The van der Waals surface area contributed by atoms with Crippen molar-refractivity contribution in [1.82, 2.24) is 14.9 Å². The van der Waals surface area contributed by atoms with Gasteiger partial charge in [0.1, 0.15) is 5.82 Å². The normalized spacial score (nSPS) is 21.0. The molecule has 0 saturated carbocycles. The Bertz CT molecular complexity index is 765. The minimum Gasteiger partial charge on any atom is -0.310 e. The van der Waals surface area contributed by atoms with E-state index in [0.29, 0.717) is 5.41 Å². The molecule has 4 nitrogen and oxygen atoms in total. The van der Waals surface area contributed by atoms with Crippen molar-refractivity contribution in [3.8, 4) is 0 Å². The van der Waals surface area contributed by atoms with Gasteiger partial charge in [-0.05, 0) is 44.4 Å². The van der Waals surface area contributed by atoms with E-state index in [1.54, 1.807) is 11.1 Å². The van der Waals surface area contributed by atoms with E-state index in [1.165, 1.54) is 19.3 Å². The van der Waals surface area contributed by atoms with E-state index in [4.69, 9.17) is 4.98 Å². The monoisotopic (exact) mass is 357 g/mol. The fourth-order valence-electron chi connectivity index (χ4n) is 4.54. The minimum atomic E-state index is -0.134. The second-order valence-corrected chi connectivity index (χ2v) is 9.86. The Kier molecular flexibility index (Phi) is 5.17. The first-order chi connectivity index (χ1) is 12.1. The number of hydrogen-bond acceptors (Lipinski definition) is 3. The minimum absolute atomic E-state index is 0.0616. The molecule has 0 bridgehead atoms. The molecule has 0 spiro atoms. The van der Waals surface area contributed by atoms with Crippen LogP contribution in [0.3, 0.4) is 0 Å². The molecule has 0 aromatic carbocycles. The van der Waals surface area contributed by atoms with Gasteiger partial charge in [0.05, 0.1) is 5.69 Å². The number of rotatable bonds is 3. The van der Waals surface area contributed by atoms with Crippen LogP contribution in [0.2, 0.25) is 0 Å². The van der Waals surface area contributed by atoms with Crippen LogP contribution in [0.25, 0.3) is 0 Å². The summed E-state index contributed by atoms with van der Waals surface area (Å²) in [6, 6.07) is 0. The average molecular weight is 358 g/mol. The van der Waals surface area contributed by atoms with E-state index in [0.717, 1.165) is 49.6 Å². The zero-order valence-electron chi connectivity index (χ0n) is 17.5. The second kappa shape index (κ2) is 6.95. The standard InChI is InChI=1S/C22H35N3O/c1-15-8-7-11-22(5,6)17(15)10-13-25-12-9-16-18(14-25)23-20(21(2,3)4)24-19(16)26/h7-14H2,1-6H3,(H,23,24,26). The number of aromatic nitrogens is 2. The smallest absolute Gasteiger partial charge is 0.254 e. The second-order valence-electron chi connectivity index (χ2n) is 9.86. The van der Waals surface area contributed by atoms with E-state index in [-0.39, 0.29) is 11.0 Å². The van der Waals surface area contributed by atoms with Crippen molar-refractivity contribution < 1.29 is 0 Å². The first kappa shape index (κ1) is 19.3. The van der Waals surface area contributed by atoms with Gasteiger partial charge in [0.2, 0.25) is 0 Å². The Morgan fingerprint density at radius 3 is 2.62 bits per heavy atom. The number of aromatic amines is 1. The highest BCUT2D eigenvalue weighted by molar-refractivity contribution is 5.24. The predicted octanol–water partition coefficient (Wildman–Crippen LogP) is 4.34. The molecule has 3 rings (SSSR count). The lowest BCUT2D eigenvalue weighted by Crippen LogP contribution is -2.38. The van der Waals surface area contributed by atoms with Crippen LogP contribution in [-0.2, 0) is 18.4 Å². The van der Waals surface area contributed by atoms with E-state index in [9.17, 15) is 4.79 Å². The molecule has 1 aromatic heterocycles. The molecule has 144 valence electrons. The highest BCUT2D eigenvalue weighted by Gasteiger charge is 2.29. The van der Waals surface area contributed by atoms with Crippen LogP contribution in [0.1, 0.15) is 84.3 Å². The Balaban J connectivity index is 1.75. The Morgan fingerprint density at radius 1 is 1.23 bits per heavy atom. The van der Waals surface area contributed by atoms with Crippen LogP contribution in [0.5, 0.6) is 0 Å². The Hall–Kier alpha value is -1.42. The van der Waals surface area contributed by atoms with Gasteiger partial charge in [-0.1, -0.05) is 45.8 Å². The number of hydrogen-bond donors (Lipinski definition) is 1. The van der Waals surface area contributed by atoms with Crippen LogP contribution in [0, 0.1) is 5.41 Å². The average Bonchev–Trinajstić information content (AvgIpc) is 2.52. The van der Waals surface area contributed by atoms with E-state index in [2.05, 4.69) is 51.4 Å². The zero-order valence-corrected chi connectivity index (χ0v) is 17.5. The molecular weight excluding hydrogens is 322 g/mol. The molecule has 0 radical (unpaired) electrons. The van der Waals surface area contributed by atoms with Gasteiger partial charge in [-0.2, -0.15) is 0 Å². The molecule has 0 unspecified atom stereocenters. The molecule has 0 saturated heterocycles. The summed E-state index contributed by atoms with van der Waals surface area (Å²) < 4.78 is 0. The number of allylic oxidation sites excluding steroid dienone is 1. The van der Waals surface area contributed by atoms with Crippen molar-refractivity contribution in [1.29, 1.82) is 0 Å². The van der Waals surface area contributed by atoms with Gasteiger partial charge in [0.15, 0.2) is 0 Å². The SMILES string of the molecule is CC1=C(CCN2CCc3c(nc(C(C)(C)C)[nH]c3=O)C2)C(C)(C)CCC1. The van der Waals surface area contributed by atoms with Gasteiger partial charge in [-0.25, -0.2) is 4.98 Å². The van der Waals surface area contributed by atoms with Crippen LogP contribution in [0.4, 0.5) is 0 Å². The lowest BCUT2D eigenvalue weighted by Gasteiger charge is -2.36. The summed E-state index contributed by atoms with van der Waals surface area (Å²) in [7, 11) is 0. The molecule has 1 aliphatic carbocycles. The molecule has 1 N–H and O–H groups in total. The highest BCUT2D eigenvalue weighted by Crippen LogP contribution is 2.41. The largest absolute Gasteiger partial charge is 0.310 e. The molecule has 0 atom stereocenters. The maximum absolute atomic E-state index is 12.4. The lowest BCUT2D eigenvalue weighted by atomic mass is 9.71. The third kappa shape index (κ3) is 3.95. The summed E-state index contributed by atoms with van der Waals surface area (Å²) in [5, 5.41) is 0. The van der Waals surface area contributed by atoms with Gasteiger partial charge in [0, 0.05) is 30.6 Å². The maximum atomic E-state index is 12.4. The van der Waals surface area contributed by atoms with Gasteiger partial charge >= 0.3 is 0 Å². The molecule has 1 aliphatic heterocycles. The molecule has 0 amide bonds. The summed E-state index contributed by atoms with van der Waals surface area (Å²) >= 11 is 0. The fourth-order valence-corrected chi connectivity index (χ4v) is 4.54. The van der Waals surface area contributed by atoms with E-state index in [1.807, 2.05) is 0 Å². The van der Waals surface area contributed by atoms with Crippen LogP contribution in [-0.4, -0.2) is 28.0 Å². The van der Waals surface area contributed by atoms with Crippen molar-refractivity contribution in [2.24, 2.45) is 5.41 Å². The third-order valence-corrected chi connectivity index (χ3v) is 6.23. The Labute approximate surface area is 158 Å². The van der Waals surface area contributed by atoms with Crippen molar-refractivity contribution in [3.05, 3.63) is 38.6 Å². The first-order valence-electron chi connectivity index (χ1n) is 10.1. The quantitative estimate of drug-likeness (QED) is 0.819. The van der Waals surface area contributed by atoms with Crippen molar-refractivity contribution >= 4 is 0 Å². The van der Waals surface area contributed by atoms with Gasteiger partial charge in [-0.15, -0.1) is 0 Å². The summed E-state index contributed by atoms with van der Waals surface area (Å²) in [6.07, 6.45) is 5.83. The number of H-pyrrole nitrogens is 1.